The fourth-order valence-electron chi connectivity index (χ4n) is 1.70. The van der Waals surface area contributed by atoms with E-state index in [1.165, 1.54) is 43.5 Å². The summed E-state index contributed by atoms with van der Waals surface area (Å²) in [6, 6.07) is 3.75. The summed E-state index contributed by atoms with van der Waals surface area (Å²) in [7, 11) is 1.17. The van der Waals surface area contributed by atoms with Crippen molar-refractivity contribution in [1.82, 2.24) is 0 Å². The number of phenolic OH excluding ortho intramolecular Hbond substituents is 1. The Morgan fingerprint density at radius 3 is 2.14 bits per heavy atom. The van der Waals surface area contributed by atoms with Gasteiger partial charge in [0.15, 0.2) is 5.83 Å². The summed E-state index contributed by atoms with van der Waals surface area (Å²) in [5, 5.41) is 9.16. The molecule has 0 saturated heterocycles. The fourth-order valence-corrected chi connectivity index (χ4v) is 1.70. The first-order valence-electron chi connectivity index (χ1n) is 7.88. The molecule has 1 aromatic carbocycles. The lowest BCUT2D eigenvalue weighted by atomic mass is 10.1. The van der Waals surface area contributed by atoms with Gasteiger partial charge in [0, 0.05) is 17.2 Å². The lowest BCUT2D eigenvalue weighted by molar-refractivity contribution is 0.281. The molecule has 0 radical (unpaired) electrons. The van der Waals surface area contributed by atoms with Crippen LogP contribution < -0.4 is 0 Å². The number of allylic oxidation sites excluding steroid dienone is 8. The molecule has 0 aliphatic rings. The van der Waals surface area contributed by atoms with Crippen molar-refractivity contribution < 1.29 is 23.0 Å². The van der Waals surface area contributed by atoms with Crippen LogP contribution in [-0.2, 0) is 4.74 Å². The van der Waals surface area contributed by atoms with E-state index in [0.29, 0.717) is 5.57 Å². The first kappa shape index (κ1) is 24.5. The normalized spacial score (nSPS) is 11.4. The minimum Gasteiger partial charge on any atom is -0.508 e. The van der Waals surface area contributed by atoms with Crippen LogP contribution in [0.4, 0.5) is 13.2 Å². The third-order valence-electron chi connectivity index (χ3n) is 3.30. The number of aromatic hydroxyl groups is 1. The summed E-state index contributed by atoms with van der Waals surface area (Å²) < 4.78 is 45.7. The third-order valence-corrected chi connectivity index (χ3v) is 3.30. The first-order valence-corrected chi connectivity index (χ1v) is 7.88. The molecule has 0 bridgehead atoms. The SMILES string of the molecule is C=C.C=C(/C=C\C(=C)C(=C)/C(F)=C(/F)C(=C)OC)/C=C/c1ccc(O)cc1F. The molecular weight excluding hydrogens is 365 g/mol. The van der Waals surface area contributed by atoms with Gasteiger partial charge in [0.05, 0.1) is 7.11 Å². The Morgan fingerprint density at radius 1 is 1.00 bits per heavy atom. The molecule has 5 heteroatoms. The zero-order valence-corrected chi connectivity index (χ0v) is 15.8. The van der Waals surface area contributed by atoms with E-state index in [1.807, 2.05) is 0 Å². The molecule has 0 atom stereocenters. The number of rotatable bonds is 8. The molecule has 148 valence electrons. The second kappa shape index (κ2) is 12.0. The van der Waals surface area contributed by atoms with E-state index in [0.717, 1.165) is 6.07 Å². The van der Waals surface area contributed by atoms with Crippen molar-refractivity contribution in [3.8, 4) is 5.75 Å². The highest BCUT2D eigenvalue weighted by molar-refractivity contribution is 5.57. The summed E-state index contributed by atoms with van der Waals surface area (Å²) in [5.41, 5.74) is 0.567. The molecule has 0 aromatic heterocycles. The molecule has 1 rings (SSSR count). The van der Waals surface area contributed by atoms with Gasteiger partial charge in [-0.05, 0) is 23.3 Å². The number of methoxy groups -OCH3 is 1. The van der Waals surface area contributed by atoms with Crippen LogP contribution >= 0.6 is 0 Å². The quantitative estimate of drug-likeness (QED) is 0.299. The van der Waals surface area contributed by atoms with Crippen LogP contribution in [0.2, 0.25) is 0 Å². The van der Waals surface area contributed by atoms with Crippen LogP contribution in [0.15, 0.2) is 110 Å². The minimum absolute atomic E-state index is 0.118. The zero-order valence-electron chi connectivity index (χ0n) is 15.8. The van der Waals surface area contributed by atoms with Crippen molar-refractivity contribution in [2.24, 2.45) is 0 Å². The fraction of sp³-hybridized carbons (Fsp3) is 0.0435. The number of halogens is 3. The van der Waals surface area contributed by atoms with Gasteiger partial charge in [-0.2, -0.15) is 4.39 Å². The zero-order chi connectivity index (χ0) is 21.9. The minimum atomic E-state index is -1.26. The van der Waals surface area contributed by atoms with Gasteiger partial charge < -0.3 is 9.84 Å². The van der Waals surface area contributed by atoms with Gasteiger partial charge in [-0.3, -0.25) is 0 Å². The van der Waals surface area contributed by atoms with Crippen LogP contribution in [0.25, 0.3) is 6.08 Å². The molecule has 0 spiro atoms. The average Bonchev–Trinajstić information content (AvgIpc) is 2.70. The van der Waals surface area contributed by atoms with Gasteiger partial charge in [0.2, 0.25) is 5.83 Å². The molecule has 0 unspecified atom stereocenters. The van der Waals surface area contributed by atoms with E-state index in [1.54, 1.807) is 0 Å². The van der Waals surface area contributed by atoms with Gasteiger partial charge in [0.25, 0.3) is 0 Å². The Balaban J connectivity index is 0.00000352. The van der Waals surface area contributed by atoms with Crippen LogP contribution in [-0.4, -0.2) is 12.2 Å². The van der Waals surface area contributed by atoms with E-state index in [2.05, 4.69) is 44.2 Å². The Bertz CT molecular complexity index is 859. The van der Waals surface area contributed by atoms with Crippen molar-refractivity contribution >= 4 is 6.08 Å². The molecule has 0 saturated carbocycles. The maximum atomic E-state index is 13.9. The van der Waals surface area contributed by atoms with E-state index < -0.39 is 23.2 Å². The molecular formula is C23H23F3O2. The number of phenols is 1. The maximum absolute atomic E-state index is 13.9. The number of hydrogen-bond donors (Lipinski definition) is 1. The van der Waals surface area contributed by atoms with Crippen LogP contribution in [0.1, 0.15) is 5.56 Å². The molecule has 2 nitrogen and oxygen atoms in total. The molecule has 0 aliphatic carbocycles. The van der Waals surface area contributed by atoms with Gasteiger partial charge in [-0.1, -0.05) is 50.6 Å². The van der Waals surface area contributed by atoms with Crippen LogP contribution in [0.3, 0.4) is 0 Å². The van der Waals surface area contributed by atoms with Crippen molar-refractivity contribution in [2.45, 2.75) is 0 Å². The van der Waals surface area contributed by atoms with Crippen molar-refractivity contribution in [1.29, 1.82) is 0 Å². The Kier molecular flexibility index (Phi) is 10.5. The maximum Gasteiger partial charge on any atom is 0.200 e. The Labute approximate surface area is 164 Å². The molecule has 1 aromatic rings. The molecule has 0 aliphatic heterocycles. The topological polar surface area (TPSA) is 29.5 Å². The highest BCUT2D eigenvalue weighted by atomic mass is 19.2. The van der Waals surface area contributed by atoms with Crippen LogP contribution in [0, 0.1) is 5.82 Å². The largest absolute Gasteiger partial charge is 0.508 e. The summed E-state index contributed by atoms with van der Waals surface area (Å²) in [5.74, 6) is -3.69. The number of hydrogen-bond acceptors (Lipinski definition) is 2. The molecule has 1 N–H and O–H groups in total. The standard InChI is InChI=1S/C21H19F3O2.C2H4/c1-13(7-9-17-10-11-18(25)12-19(17)22)6-8-14(2)15(3)20(23)21(24)16(4)26-5;1-2/h6-12,25H,1-4H2,5H3;1-2H2/b8-6-,9-7+,21-20-;. The van der Waals surface area contributed by atoms with E-state index in [9.17, 15) is 13.2 Å². The molecule has 28 heavy (non-hydrogen) atoms. The van der Waals surface area contributed by atoms with Crippen molar-refractivity contribution in [2.75, 3.05) is 7.11 Å². The Morgan fingerprint density at radius 2 is 1.61 bits per heavy atom. The third kappa shape index (κ3) is 7.41. The van der Waals surface area contributed by atoms with E-state index in [4.69, 9.17) is 5.11 Å². The summed E-state index contributed by atoms with van der Waals surface area (Å²) in [6.45, 7) is 20.0. The predicted octanol–water partition coefficient (Wildman–Crippen LogP) is 6.88. The highest BCUT2D eigenvalue weighted by Gasteiger charge is 2.14. The Hall–Kier alpha value is -3.47. The highest BCUT2D eigenvalue weighted by Crippen LogP contribution is 2.26. The second-order valence-electron chi connectivity index (χ2n) is 5.21. The first-order chi connectivity index (χ1) is 13.2. The summed E-state index contributed by atoms with van der Waals surface area (Å²) >= 11 is 0. The van der Waals surface area contributed by atoms with Gasteiger partial charge >= 0.3 is 0 Å². The predicted molar refractivity (Wildman–Crippen MR) is 110 cm³/mol. The lowest BCUT2D eigenvalue weighted by Crippen LogP contribution is -1.93. The lowest BCUT2D eigenvalue weighted by Gasteiger charge is -2.06. The number of benzene rings is 1. The number of ether oxygens (including phenoxy) is 1. The van der Waals surface area contributed by atoms with Crippen LogP contribution in [0.5, 0.6) is 5.75 Å². The smallest absolute Gasteiger partial charge is 0.200 e. The summed E-state index contributed by atoms with van der Waals surface area (Å²) in [4.78, 5) is 0. The van der Waals surface area contributed by atoms with E-state index in [-0.39, 0.29) is 22.5 Å². The average molecular weight is 388 g/mol. The molecule has 0 fully saturated rings. The van der Waals surface area contributed by atoms with Crippen molar-refractivity contribution in [3.05, 3.63) is 121 Å². The van der Waals surface area contributed by atoms with Gasteiger partial charge in [-0.25, -0.2) is 8.78 Å². The molecule has 0 heterocycles. The summed E-state index contributed by atoms with van der Waals surface area (Å²) in [6.07, 6.45) is 5.85. The van der Waals surface area contributed by atoms with Gasteiger partial charge in [0.1, 0.15) is 17.3 Å². The van der Waals surface area contributed by atoms with E-state index >= 15 is 0 Å². The van der Waals surface area contributed by atoms with Crippen molar-refractivity contribution in [3.63, 3.8) is 0 Å². The van der Waals surface area contributed by atoms with Gasteiger partial charge in [-0.15, -0.1) is 13.2 Å². The monoisotopic (exact) mass is 388 g/mol. The second-order valence-corrected chi connectivity index (χ2v) is 5.21. The molecule has 0 amide bonds.